The van der Waals surface area contributed by atoms with Crippen LogP contribution in [0.4, 0.5) is 15.8 Å². The molecule has 3 rings (SSSR count). The Labute approximate surface area is 177 Å². The number of rotatable bonds is 6. The predicted molar refractivity (Wildman–Crippen MR) is 113 cm³/mol. The van der Waals surface area contributed by atoms with Crippen molar-refractivity contribution in [2.45, 2.75) is 32.7 Å². The zero-order chi connectivity index (χ0) is 21.7. The van der Waals surface area contributed by atoms with Gasteiger partial charge in [-0.3, -0.25) is 14.4 Å². The molecule has 3 amide bonds. The molecule has 0 spiro atoms. The second kappa shape index (κ2) is 9.49. The van der Waals surface area contributed by atoms with Gasteiger partial charge in [0.15, 0.2) is 0 Å². The van der Waals surface area contributed by atoms with Gasteiger partial charge < -0.3 is 10.6 Å². The van der Waals surface area contributed by atoms with Crippen molar-refractivity contribution in [1.29, 1.82) is 0 Å². The zero-order valence-corrected chi connectivity index (χ0v) is 17.0. The second-order valence-corrected chi connectivity index (χ2v) is 7.08. The smallest absolute Gasteiger partial charge is 0.271 e. The highest BCUT2D eigenvalue weighted by atomic mass is 35.5. The van der Waals surface area contributed by atoms with Gasteiger partial charge in [0.05, 0.1) is 17.3 Å². The van der Waals surface area contributed by atoms with E-state index in [0.29, 0.717) is 28.4 Å². The summed E-state index contributed by atoms with van der Waals surface area (Å²) in [6, 6.07) is 10.5. The van der Waals surface area contributed by atoms with Crippen LogP contribution in [0.25, 0.3) is 0 Å². The summed E-state index contributed by atoms with van der Waals surface area (Å²) in [6.45, 7) is 1.86. The number of nitrogens with zero attached hydrogens (tertiary/aromatic N) is 2. The molecule has 0 bridgehead atoms. The molecule has 0 unspecified atom stereocenters. The fraction of sp³-hybridized carbons (Fsp3) is 0.238. The number of carbonyl (C=O) groups excluding carboxylic acids is 3. The molecule has 7 nitrogen and oxygen atoms in total. The highest BCUT2D eigenvalue weighted by Gasteiger charge is 2.25. The predicted octanol–water partition coefficient (Wildman–Crippen LogP) is 3.94. The molecule has 156 valence electrons. The number of nitrogens with one attached hydrogen (secondary N) is 2. The van der Waals surface area contributed by atoms with Crippen LogP contribution in [-0.2, 0) is 20.9 Å². The van der Waals surface area contributed by atoms with Gasteiger partial charge >= 0.3 is 0 Å². The number of halogens is 2. The fourth-order valence-corrected chi connectivity index (χ4v) is 2.96. The number of anilines is 2. The average molecular weight is 431 g/mol. The molecule has 9 heteroatoms. The summed E-state index contributed by atoms with van der Waals surface area (Å²) in [5.41, 5.74) is 1.69. The largest absolute Gasteiger partial charge is 0.326 e. The summed E-state index contributed by atoms with van der Waals surface area (Å²) in [5.74, 6) is -1.26. The van der Waals surface area contributed by atoms with E-state index in [4.69, 9.17) is 11.6 Å². The van der Waals surface area contributed by atoms with Crippen molar-refractivity contribution in [1.82, 2.24) is 5.01 Å². The highest BCUT2D eigenvalue weighted by molar-refractivity contribution is 6.44. The second-order valence-electron chi connectivity index (χ2n) is 6.68. The Bertz CT molecular complexity index is 1010. The van der Waals surface area contributed by atoms with E-state index in [0.717, 1.165) is 0 Å². The molecule has 0 saturated heterocycles. The van der Waals surface area contributed by atoms with Crippen molar-refractivity contribution >= 4 is 46.4 Å². The molecule has 2 aromatic rings. The van der Waals surface area contributed by atoms with Gasteiger partial charge in [-0.05, 0) is 35.9 Å². The Morgan fingerprint density at radius 1 is 1.13 bits per heavy atom. The molecule has 2 N–H and O–H groups in total. The minimum Gasteiger partial charge on any atom is -0.326 e. The monoisotopic (exact) mass is 430 g/mol. The van der Waals surface area contributed by atoms with E-state index in [1.807, 2.05) is 0 Å². The molecule has 1 aliphatic heterocycles. The first kappa shape index (κ1) is 21.4. The molecule has 1 aliphatic rings. The fourth-order valence-electron chi connectivity index (χ4n) is 2.79. The summed E-state index contributed by atoms with van der Waals surface area (Å²) in [4.78, 5) is 36.4. The third-order valence-electron chi connectivity index (χ3n) is 4.43. The van der Waals surface area contributed by atoms with E-state index >= 15 is 0 Å². The Morgan fingerprint density at radius 2 is 1.87 bits per heavy atom. The first-order chi connectivity index (χ1) is 14.4. The van der Waals surface area contributed by atoms with Gasteiger partial charge in [0.2, 0.25) is 11.8 Å². The van der Waals surface area contributed by atoms with Gasteiger partial charge in [-0.2, -0.15) is 5.10 Å². The van der Waals surface area contributed by atoms with Crippen LogP contribution in [-0.4, -0.2) is 28.4 Å². The number of hydrogen-bond acceptors (Lipinski definition) is 4. The number of hydrazone groups is 1. The normalized spacial score (nSPS) is 13.6. The van der Waals surface area contributed by atoms with Crippen LogP contribution in [0.1, 0.15) is 31.7 Å². The van der Waals surface area contributed by atoms with E-state index in [2.05, 4.69) is 15.7 Å². The average Bonchev–Trinajstić information content (AvgIpc) is 2.73. The van der Waals surface area contributed by atoms with Crippen molar-refractivity contribution in [2.24, 2.45) is 5.10 Å². The SMILES string of the molecule is CCC(=O)Nc1ccc(Cl)c(NC(=O)C2=NN(Cc3ccc(F)cc3)C(=O)CC2)c1. The van der Waals surface area contributed by atoms with Crippen molar-refractivity contribution < 1.29 is 18.8 Å². The van der Waals surface area contributed by atoms with Gasteiger partial charge in [0.1, 0.15) is 11.5 Å². The van der Waals surface area contributed by atoms with Crippen molar-refractivity contribution in [2.75, 3.05) is 10.6 Å². The third-order valence-corrected chi connectivity index (χ3v) is 4.76. The van der Waals surface area contributed by atoms with Crippen LogP contribution in [0, 0.1) is 5.82 Å². The van der Waals surface area contributed by atoms with E-state index in [1.54, 1.807) is 37.3 Å². The molecule has 0 aromatic heterocycles. The van der Waals surface area contributed by atoms with Gasteiger partial charge in [-0.15, -0.1) is 0 Å². The Hall–Kier alpha value is -3.26. The van der Waals surface area contributed by atoms with Gasteiger partial charge in [-0.1, -0.05) is 30.7 Å². The quantitative estimate of drug-likeness (QED) is 0.727. The maximum Gasteiger partial charge on any atom is 0.271 e. The molecular formula is C21H20ClFN4O3. The lowest BCUT2D eigenvalue weighted by atomic mass is 10.1. The molecular weight excluding hydrogens is 411 g/mol. The van der Waals surface area contributed by atoms with E-state index in [1.165, 1.54) is 17.1 Å². The molecule has 0 saturated carbocycles. The molecule has 0 atom stereocenters. The molecule has 0 fully saturated rings. The van der Waals surface area contributed by atoms with Crippen LogP contribution in [0.3, 0.4) is 0 Å². The zero-order valence-electron chi connectivity index (χ0n) is 16.2. The first-order valence-corrected chi connectivity index (χ1v) is 9.76. The van der Waals surface area contributed by atoms with E-state index in [-0.39, 0.29) is 42.7 Å². The van der Waals surface area contributed by atoms with E-state index < -0.39 is 5.91 Å². The minimum absolute atomic E-state index is 0.133. The van der Waals surface area contributed by atoms with E-state index in [9.17, 15) is 18.8 Å². The van der Waals surface area contributed by atoms with Gasteiger partial charge in [-0.25, -0.2) is 9.40 Å². The standard InChI is InChI=1S/C21H20ClFN4O3/c1-2-19(28)24-15-7-8-16(22)18(11-15)25-21(30)17-9-10-20(29)27(26-17)12-13-3-5-14(23)6-4-13/h3-8,11H,2,9-10,12H2,1H3,(H,24,28)(H,25,30). The molecule has 1 heterocycles. The number of amides is 3. The maximum atomic E-state index is 13.1. The van der Waals surface area contributed by atoms with Crippen LogP contribution < -0.4 is 10.6 Å². The lowest BCUT2D eigenvalue weighted by molar-refractivity contribution is -0.132. The van der Waals surface area contributed by atoms with Crippen molar-refractivity contribution in [3.05, 3.63) is 58.9 Å². The summed E-state index contributed by atoms with van der Waals surface area (Å²) in [7, 11) is 0. The first-order valence-electron chi connectivity index (χ1n) is 9.38. The van der Waals surface area contributed by atoms with Crippen LogP contribution in [0.5, 0.6) is 0 Å². The summed E-state index contributed by atoms with van der Waals surface area (Å²) in [5, 5.41) is 11.0. The summed E-state index contributed by atoms with van der Waals surface area (Å²) in [6.07, 6.45) is 0.640. The van der Waals surface area contributed by atoms with Crippen molar-refractivity contribution in [3.63, 3.8) is 0 Å². The highest BCUT2D eigenvalue weighted by Crippen LogP contribution is 2.26. The van der Waals surface area contributed by atoms with Crippen LogP contribution in [0.2, 0.25) is 5.02 Å². The lowest BCUT2D eigenvalue weighted by Crippen LogP contribution is -2.36. The summed E-state index contributed by atoms with van der Waals surface area (Å²) < 4.78 is 13.1. The topological polar surface area (TPSA) is 90.9 Å². The lowest BCUT2D eigenvalue weighted by Gasteiger charge is -2.23. The Kier molecular flexibility index (Phi) is 6.79. The maximum absolute atomic E-state index is 13.1. The molecule has 0 radical (unpaired) electrons. The number of benzene rings is 2. The van der Waals surface area contributed by atoms with Crippen LogP contribution >= 0.6 is 11.6 Å². The molecule has 2 aromatic carbocycles. The van der Waals surface area contributed by atoms with Gasteiger partial charge in [0, 0.05) is 24.9 Å². The molecule has 0 aliphatic carbocycles. The summed E-state index contributed by atoms with van der Waals surface area (Å²) >= 11 is 6.16. The Balaban J connectivity index is 1.74. The minimum atomic E-state index is -0.493. The number of hydrogen-bond donors (Lipinski definition) is 2. The van der Waals surface area contributed by atoms with Gasteiger partial charge in [0.25, 0.3) is 5.91 Å². The van der Waals surface area contributed by atoms with Crippen LogP contribution in [0.15, 0.2) is 47.6 Å². The Morgan fingerprint density at radius 3 is 2.57 bits per heavy atom. The van der Waals surface area contributed by atoms with Crippen molar-refractivity contribution in [3.8, 4) is 0 Å². The third kappa shape index (κ3) is 5.42. The molecule has 30 heavy (non-hydrogen) atoms. The number of carbonyl (C=O) groups is 3.